The summed E-state index contributed by atoms with van der Waals surface area (Å²) in [4.78, 5) is 4.46. The first-order valence-corrected chi connectivity index (χ1v) is 18.9. The minimum absolute atomic E-state index is 0.574. The second-order valence-electron chi connectivity index (χ2n) is 13.4. The predicted molar refractivity (Wildman–Crippen MR) is 186 cm³/mol. The molecule has 1 aromatic carbocycles. The van der Waals surface area contributed by atoms with Gasteiger partial charge in [-0.05, 0) is 30.7 Å². The Bertz CT molecular complexity index is 783. The molecule has 2 heteroatoms. The van der Waals surface area contributed by atoms with Gasteiger partial charge in [0.05, 0.1) is 6.33 Å². The van der Waals surface area contributed by atoms with Crippen molar-refractivity contribution in [2.24, 2.45) is 5.92 Å². The fourth-order valence-corrected chi connectivity index (χ4v) is 6.88. The molecular weight excluding hydrogens is 508 g/mol. The van der Waals surface area contributed by atoms with E-state index in [1.807, 2.05) is 6.20 Å². The van der Waals surface area contributed by atoms with Gasteiger partial charge in [-0.3, -0.25) is 0 Å². The molecule has 0 aliphatic rings. The van der Waals surface area contributed by atoms with Gasteiger partial charge >= 0.3 is 0 Å². The average molecular weight is 579 g/mol. The number of nitrogens with zero attached hydrogens (tertiary/aromatic N) is 2. The second-order valence-corrected chi connectivity index (χ2v) is 13.4. The smallest absolute Gasteiger partial charge is 0.0948 e. The van der Waals surface area contributed by atoms with E-state index in [0.717, 1.165) is 0 Å². The molecule has 0 aliphatic carbocycles. The lowest BCUT2D eigenvalue weighted by molar-refractivity contribution is 0.275. The van der Waals surface area contributed by atoms with Gasteiger partial charge in [-0.1, -0.05) is 198 Å². The summed E-state index contributed by atoms with van der Waals surface area (Å²) in [5, 5.41) is 0. The molecule has 0 fully saturated rings. The molecule has 0 amide bonds. The van der Waals surface area contributed by atoms with Crippen LogP contribution in [-0.4, -0.2) is 9.55 Å². The number of aromatic nitrogens is 2. The molecule has 2 atom stereocenters. The van der Waals surface area contributed by atoms with Crippen molar-refractivity contribution in [2.75, 3.05) is 0 Å². The molecule has 42 heavy (non-hydrogen) atoms. The third-order valence-electron chi connectivity index (χ3n) is 9.57. The highest BCUT2D eigenvalue weighted by Gasteiger charge is 2.23. The van der Waals surface area contributed by atoms with Crippen molar-refractivity contribution in [1.29, 1.82) is 0 Å². The van der Waals surface area contributed by atoms with Crippen LogP contribution in [0.4, 0.5) is 0 Å². The van der Waals surface area contributed by atoms with Crippen LogP contribution in [-0.2, 0) is 6.42 Å². The average Bonchev–Trinajstić information content (AvgIpc) is 3.55. The molecule has 2 nitrogen and oxygen atoms in total. The van der Waals surface area contributed by atoms with Crippen molar-refractivity contribution in [3.63, 3.8) is 0 Å². The highest BCUT2D eigenvalue weighted by Crippen LogP contribution is 2.32. The van der Waals surface area contributed by atoms with Gasteiger partial charge in [0.1, 0.15) is 0 Å². The van der Waals surface area contributed by atoms with Crippen molar-refractivity contribution in [3.05, 3.63) is 54.6 Å². The van der Waals surface area contributed by atoms with Crippen LogP contribution >= 0.6 is 0 Å². The summed E-state index contributed by atoms with van der Waals surface area (Å²) in [7, 11) is 0. The van der Waals surface area contributed by atoms with Gasteiger partial charge in [-0.15, -0.1) is 0 Å². The number of imidazole rings is 1. The number of hydrogen-bond acceptors (Lipinski definition) is 1. The van der Waals surface area contributed by atoms with E-state index in [0.29, 0.717) is 12.0 Å². The van der Waals surface area contributed by atoms with Crippen LogP contribution < -0.4 is 0 Å². The first-order chi connectivity index (χ1) is 20.8. The number of benzene rings is 1. The van der Waals surface area contributed by atoms with E-state index in [-0.39, 0.29) is 0 Å². The summed E-state index contributed by atoms with van der Waals surface area (Å²) in [6, 6.07) is 11.8. The van der Waals surface area contributed by atoms with Crippen LogP contribution in [0, 0.1) is 5.92 Å². The fourth-order valence-electron chi connectivity index (χ4n) is 6.88. The Balaban J connectivity index is 1.64. The van der Waals surface area contributed by atoms with Crippen molar-refractivity contribution in [2.45, 2.75) is 193 Å². The quantitative estimate of drug-likeness (QED) is 0.0843. The molecule has 0 saturated heterocycles. The largest absolute Gasteiger partial charge is 0.334 e. The Hall–Kier alpha value is -1.57. The summed E-state index contributed by atoms with van der Waals surface area (Å²) < 4.78 is 2.44. The minimum atomic E-state index is 0.574. The maximum Gasteiger partial charge on any atom is 0.0948 e. The van der Waals surface area contributed by atoms with E-state index < -0.39 is 0 Å². The second kappa shape index (κ2) is 27.0. The number of unbranched alkanes of at least 4 members (excludes halogenated alkanes) is 22. The molecule has 240 valence electrons. The highest BCUT2D eigenvalue weighted by molar-refractivity contribution is 5.15. The molecule has 0 N–H and O–H groups in total. The van der Waals surface area contributed by atoms with Crippen molar-refractivity contribution < 1.29 is 0 Å². The van der Waals surface area contributed by atoms with Crippen molar-refractivity contribution in [1.82, 2.24) is 9.55 Å². The van der Waals surface area contributed by atoms with Gasteiger partial charge in [0.2, 0.25) is 0 Å². The Morgan fingerprint density at radius 2 is 0.952 bits per heavy atom. The minimum Gasteiger partial charge on any atom is -0.334 e. The zero-order valence-corrected chi connectivity index (χ0v) is 28.3. The van der Waals surface area contributed by atoms with E-state index in [4.69, 9.17) is 0 Å². The Morgan fingerprint density at radius 3 is 1.38 bits per heavy atom. The molecule has 0 saturated carbocycles. The molecule has 0 bridgehead atoms. The SMILES string of the molecule is CCCCCCCCCCCCCCCCCCCC(Cc1ccccc1)C(CCCCCCCCC)n1ccnc1. The normalized spacial score (nSPS) is 13.0. The van der Waals surface area contributed by atoms with Gasteiger partial charge < -0.3 is 4.57 Å². The number of hydrogen-bond donors (Lipinski definition) is 0. The monoisotopic (exact) mass is 579 g/mol. The molecule has 1 aromatic heterocycles. The molecule has 2 rings (SSSR count). The first kappa shape index (κ1) is 36.6. The van der Waals surface area contributed by atoms with E-state index in [9.17, 15) is 0 Å². The van der Waals surface area contributed by atoms with Crippen molar-refractivity contribution >= 4 is 0 Å². The molecule has 2 unspecified atom stereocenters. The lowest BCUT2D eigenvalue weighted by Crippen LogP contribution is -2.21. The van der Waals surface area contributed by atoms with Crippen LogP contribution in [0.15, 0.2) is 49.1 Å². The van der Waals surface area contributed by atoms with Gasteiger partial charge in [-0.2, -0.15) is 0 Å². The molecule has 1 heterocycles. The molecule has 0 spiro atoms. The van der Waals surface area contributed by atoms with E-state index >= 15 is 0 Å². The third kappa shape index (κ3) is 18.9. The maximum absolute atomic E-state index is 4.46. The van der Waals surface area contributed by atoms with E-state index in [1.165, 1.54) is 179 Å². The van der Waals surface area contributed by atoms with Crippen LogP contribution in [0.5, 0.6) is 0 Å². The molecule has 0 aliphatic heterocycles. The Labute approximate surface area is 262 Å². The molecule has 0 radical (unpaired) electrons. The van der Waals surface area contributed by atoms with Crippen molar-refractivity contribution in [3.8, 4) is 0 Å². The lowest BCUT2D eigenvalue weighted by atomic mass is 9.84. The zero-order chi connectivity index (χ0) is 29.8. The molecular formula is C40H70N2. The highest BCUT2D eigenvalue weighted by atomic mass is 15.1. The third-order valence-corrected chi connectivity index (χ3v) is 9.57. The summed E-state index contributed by atoms with van der Waals surface area (Å²) in [6.45, 7) is 4.61. The summed E-state index contributed by atoms with van der Waals surface area (Å²) >= 11 is 0. The van der Waals surface area contributed by atoms with Crippen LogP contribution in [0.1, 0.15) is 192 Å². The van der Waals surface area contributed by atoms with Crippen LogP contribution in [0.25, 0.3) is 0 Å². The van der Waals surface area contributed by atoms with Gasteiger partial charge in [0.25, 0.3) is 0 Å². The van der Waals surface area contributed by atoms with E-state index in [1.54, 1.807) is 0 Å². The first-order valence-electron chi connectivity index (χ1n) is 18.9. The Morgan fingerprint density at radius 1 is 0.524 bits per heavy atom. The maximum atomic E-state index is 4.46. The van der Waals surface area contributed by atoms with E-state index in [2.05, 4.69) is 66.3 Å². The van der Waals surface area contributed by atoms with Gasteiger partial charge in [-0.25, -0.2) is 4.98 Å². The zero-order valence-electron chi connectivity index (χ0n) is 28.3. The van der Waals surface area contributed by atoms with Gasteiger partial charge in [0.15, 0.2) is 0 Å². The molecule has 2 aromatic rings. The lowest BCUT2D eigenvalue weighted by Gasteiger charge is -2.29. The Kier molecular flexibility index (Phi) is 23.6. The predicted octanol–water partition coefficient (Wildman–Crippen LogP) is 13.5. The topological polar surface area (TPSA) is 17.8 Å². The standard InChI is InChI=1S/C40H70N2/c1-3-5-7-9-11-12-13-14-15-16-17-18-19-20-22-23-28-32-39(36-38-30-26-25-27-31-38)40(42-35-34-41-37-42)33-29-24-21-10-8-6-4-2/h25-27,30-31,34-35,37,39-40H,3-24,28-29,32-33,36H2,1-2H3. The van der Waals surface area contributed by atoms with Crippen LogP contribution in [0.2, 0.25) is 0 Å². The van der Waals surface area contributed by atoms with Crippen LogP contribution in [0.3, 0.4) is 0 Å². The fraction of sp³-hybridized carbons (Fsp3) is 0.775. The summed E-state index contributed by atoms with van der Waals surface area (Å²) in [6.07, 6.45) is 44.3. The van der Waals surface area contributed by atoms with Gasteiger partial charge in [0, 0.05) is 18.4 Å². The summed E-state index contributed by atoms with van der Waals surface area (Å²) in [5.74, 6) is 0.693. The summed E-state index contributed by atoms with van der Waals surface area (Å²) in [5.41, 5.74) is 1.50. The number of rotatable bonds is 30.